The Morgan fingerprint density at radius 2 is 1.74 bits per heavy atom. The van der Waals surface area contributed by atoms with Crippen molar-refractivity contribution in [3.63, 3.8) is 0 Å². The standard InChI is InChI=1S/C25H30FN/c1-2-3-4-19-5-11-22(12-6-19)23-13-7-20(8-14-23)9-15-24-16-10-21(18-27)17-25(24)26/h7-8,10,13-14,16-17,19,22H,2-6,9,11-12,15H2,1H3/t19-,22-. The Hall–Kier alpha value is -2.14. The van der Waals surface area contributed by atoms with Gasteiger partial charge in [0.2, 0.25) is 0 Å². The molecule has 0 amide bonds. The molecule has 2 heteroatoms. The van der Waals surface area contributed by atoms with Gasteiger partial charge < -0.3 is 0 Å². The van der Waals surface area contributed by atoms with E-state index in [-0.39, 0.29) is 5.82 Å². The lowest BCUT2D eigenvalue weighted by atomic mass is 9.77. The maximum absolute atomic E-state index is 14.0. The van der Waals surface area contributed by atoms with Gasteiger partial charge in [0, 0.05) is 0 Å². The minimum absolute atomic E-state index is 0.273. The highest BCUT2D eigenvalue weighted by Crippen LogP contribution is 2.37. The van der Waals surface area contributed by atoms with Crippen LogP contribution in [0.25, 0.3) is 0 Å². The number of benzene rings is 2. The van der Waals surface area contributed by atoms with Gasteiger partial charge in [-0.15, -0.1) is 0 Å². The van der Waals surface area contributed by atoms with Crippen molar-refractivity contribution >= 4 is 0 Å². The number of hydrogen-bond acceptors (Lipinski definition) is 1. The van der Waals surface area contributed by atoms with Gasteiger partial charge in [0.05, 0.1) is 11.6 Å². The van der Waals surface area contributed by atoms with Crippen LogP contribution in [0, 0.1) is 23.1 Å². The maximum atomic E-state index is 14.0. The van der Waals surface area contributed by atoms with E-state index in [0.717, 1.165) is 12.3 Å². The van der Waals surface area contributed by atoms with Crippen molar-refractivity contribution in [2.45, 2.75) is 70.6 Å². The molecule has 0 spiro atoms. The smallest absolute Gasteiger partial charge is 0.127 e. The molecule has 0 atom stereocenters. The third-order valence-corrected chi connectivity index (χ3v) is 6.13. The van der Waals surface area contributed by atoms with Crippen molar-refractivity contribution in [1.82, 2.24) is 0 Å². The highest BCUT2D eigenvalue weighted by molar-refractivity contribution is 5.33. The maximum Gasteiger partial charge on any atom is 0.127 e. The second-order valence-electron chi connectivity index (χ2n) is 8.02. The molecule has 1 aliphatic carbocycles. The molecule has 2 aromatic carbocycles. The highest BCUT2D eigenvalue weighted by Gasteiger charge is 2.21. The van der Waals surface area contributed by atoms with Crippen LogP contribution in [-0.2, 0) is 12.8 Å². The molecule has 0 N–H and O–H groups in total. The lowest BCUT2D eigenvalue weighted by Gasteiger charge is -2.29. The fourth-order valence-electron chi connectivity index (χ4n) is 4.33. The van der Waals surface area contributed by atoms with Gasteiger partial charge in [-0.1, -0.05) is 56.5 Å². The first-order chi connectivity index (χ1) is 13.2. The number of unbranched alkanes of at least 4 members (excludes halogenated alkanes) is 1. The van der Waals surface area contributed by atoms with E-state index in [2.05, 4.69) is 31.2 Å². The van der Waals surface area contributed by atoms with Gasteiger partial charge in [0.25, 0.3) is 0 Å². The number of aryl methyl sites for hydroxylation is 2. The van der Waals surface area contributed by atoms with Crippen molar-refractivity contribution in [1.29, 1.82) is 5.26 Å². The molecule has 1 aliphatic rings. The lowest BCUT2D eigenvalue weighted by molar-refractivity contribution is 0.304. The Kier molecular flexibility index (Phi) is 7.04. The van der Waals surface area contributed by atoms with Gasteiger partial charge in [0.15, 0.2) is 0 Å². The van der Waals surface area contributed by atoms with Gasteiger partial charge in [0.1, 0.15) is 5.82 Å². The fourth-order valence-corrected chi connectivity index (χ4v) is 4.33. The molecule has 3 rings (SSSR count). The number of nitrogens with zero attached hydrogens (tertiary/aromatic N) is 1. The number of hydrogen-bond donors (Lipinski definition) is 0. The largest absolute Gasteiger partial charge is 0.207 e. The molecule has 0 aromatic heterocycles. The van der Waals surface area contributed by atoms with Crippen molar-refractivity contribution in [2.75, 3.05) is 0 Å². The summed E-state index contributed by atoms with van der Waals surface area (Å²) >= 11 is 0. The second-order valence-corrected chi connectivity index (χ2v) is 8.02. The first kappa shape index (κ1) is 19.6. The molecule has 0 aliphatic heterocycles. The van der Waals surface area contributed by atoms with E-state index in [4.69, 9.17) is 5.26 Å². The lowest BCUT2D eigenvalue weighted by Crippen LogP contribution is -2.13. The van der Waals surface area contributed by atoms with Gasteiger partial charge in [-0.05, 0) is 79.2 Å². The van der Waals surface area contributed by atoms with E-state index in [1.807, 2.05) is 6.07 Å². The summed E-state index contributed by atoms with van der Waals surface area (Å²) in [6.45, 7) is 2.28. The molecule has 0 radical (unpaired) electrons. The van der Waals surface area contributed by atoms with Crippen LogP contribution >= 0.6 is 0 Å². The van der Waals surface area contributed by atoms with E-state index < -0.39 is 0 Å². The fraction of sp³-hybridized carbons (Fsp3) is 0.480. The van der Waals surface area contributed by atoms with Gasteiger partial charge in [-0.3, -0.25) is 0 Å². The van der Waals surface area contributed by atoms with Crippen LogP contribution in [0.4, 0.5) is 4.39 Å². The average Bonchev–Trinajstić information content (AvgIpc) is 2.72. The van der Waals surface area contributed by atoms with Crippen LogP contribution in [0.2, 0.25) is 0 Å². The average molecular weight is 364 g/mol. The molecule has 142 valence electrons. The Balaban J connectivity index is 1.51. The highest BCUT2D eigenvalue weighted by atomic mass is 19.1. The minimum atomic E-state index is -0.273. The van der Waals surface area contributed by atoms with Crippen LogP contribution in [-0.4, -0.2) is 0 Å². The summed E-state index contributed by atoms with van der Waals surface area (Å²) in [7, 11) is 0. The van der Waals surface area contributed by atoms with Crippen molar-refractivity contribution in [3.8, 4) is 6.07 Å². The van der Waals surface area contributed by atoms with E-state index in [1.165, 1.54) is 62.1 Å². The number of nitriles is 1. The van der Waals surface area contributed by atoms with Crippen LogP contribution in [0.3, 0.4) is 0 Å². The summed E-state index contributed by atoms with van der Waals surface area (Å²) in [6, 6.07) is 15.7. The summed E-state index contributed by atoms with van der Waals surface area (Å²) in [5, 5.41) is 8.83. The predicted octanol–water partition coefficient (Wildman–Crippen LogP) is 6.95. The van der Waals surface area contributed by atoms with E-state index in [0.29, 0.717) is 23.5 Å². The zero-order chi connectivity index (χ0) is 19.1. The topological polar surface area (TPSA) is 23.8 Å². The zero-order valence-electron chi connectivity index (χ0n) is 16.4. The molecule has 1 saturated carbocycles. The Morgan fingerprint density at radius 3 is 2.37 bits per heavy atom. The van der Waals surface area contributed by atoms with Crippen LogP contribution in [0.1, 0.15) is 80.0 Å². The van der Waals surface area contributed by atoms with Crippen molar-refractivity contribution < 1.29 is 4.39 Å². The van der Waals surface area contributed by atoms with Gasteiger partial charge in [-0.25, -0.2) is 4.39 Å². The van der Waals surface area contributed by atoms with Crippen molar-refractivity contribution in [3.05, 3.63) is 70.5 Å². The predicted molar refractivity (Wildman–Crippen MR) is 109 cm³/mol. The van der Waals surface area contributed by atoms with E-state index >= 15 is 0 Å². The second kappa shape index (κ2) is 9.70. The first-order valence-corrected chi connectivity index (χ1v) is 10.5. The molecule has 0 saturated heterocycles. The summed E-state index contributed by atoms with van der Waals surface area (Å²) in [6.07, 6.45) is 11.0. The van der Waals surface area contributed by atoms with Gasteiger partial charge >= 0.3 is 0 Å². The van der Waals surface area contributed by atoms with Crippen molar-refractivity contribution in [2.24, 2.45) is 5.92 Å². The molecular weight excluding hydrogens is 333 g/mol. The summed E-state index contributed by atoms with van der Waals surface area (Å²) < 4.78 is 14.0. The molecule has 0 bridgehead atoms. The molecule has 1 nitrogen and oxygen atoms in total. The molecule has 27 heavy (non-hydrogen) atoms. The van der Waals surface area contributed by atoms with E-state index in [1.54, 1.807) is 12.1 Å². The Labute approximate surface area is 163 Å². The summed E-state index contributed by atoms with van der Waals surface area (Å²) in [5.74, 6) is 1.39. The van der Waals surface area contributed by atoms with E-state index in [9.17, 15) is 4.39 Å². The normalized spacial score (nSPS) is 19.6. The zero-order valence-corrected chi connectivity index (χ0v) is 16.4. The molecule has 0 unspecified atom stereocenters. The summed E-state index contributed by atoms with van der Waals surface area (Å²) in [5.41, 5.74) is 3.78. The molecule has 2 aromatic rings. The summed E-state index contributed by atoms with van der Waals surface area (Å²) in [4.78, 5) is 0. The number of halogens is 1. The SMILES string of the molecule is CCCC[C@H]1CC[C@H](c2ccc(CCc3ccc(C#N)cc3F)cc2)CC1. The third-order valence-electron chi connectivity index (χ3n) is 6.13. The van der Waals surface area contributed by atoms with Crippen LogP contribution in [0.15, 0.2) is 42.5 Å². The first-order valence-electron chi connectivity index (χ1n) is 10.5. The number of rotatable bonds is 7. The van der Waals surface area contributed by atoms with Crippen LogP contribution < -0.4 is 0 Å². The third kappa shape index (κ3) is 5.42. The monoisotopic (exact) mass is 363 g/mol. The molecule has 0 heterocycles. The Morgan fingerprint density at radius 1 is 1.00 bits per heavy atom. The quantitative estimate of drug-likeness (QED) is 0.522. The Bertz CT molecular complexity index is 764. The van der Waals surface area contributed by atoms with Crippen LogP contribution in [0.5, 0.6) is 0 Å². The molecular formula is C25H30FN. The minimum Gasteiger partial charge on any atom is -0.207 e. The molecule has 1 fully saturated rings. The van der Waals surface area contributed by atoms with Gasteiger partial charge in [-0.2, -0.15) is 5.26 Å².